The van der Waals surface area contributed by atoms with Crippen molar-refractivity contribution in [3.05, 3.63) is 65.2 Å². The van der Waals surface area contributed by atoms with Gasteiger partial charge in [-0.05, 0) is 62.3 Å². The van der Waals surface area contributed by atoms with Crippen molar-refractivity contribution in [2.45, 2.75) is 64.1 Å². The number of benzene rings is 2. The summed E-state index contributed by atoms with van der Waals surface area (Å²) < 4.78 is 5.69. The average Bonchev–Trinajstić information content (AvgIpc) is 3.63. The number of imide groups is 1. The van der Waals surface area contributed by atoms with Crippen LogP contribution in [0.5, 0.6) is 0 Å². The highest BCUT2D eigenvalue weighted by Crippen LogP contribution is 2.46. The normalized spacial score (nSPS) is 20.7. The fourth-order valence-corrected chi connectivity index (χ4v) is 5.46. The maximum atomic E-state index is 13.6. The lowest BCUT2D eigenvalue weighted by molar-refractivity contribution is -0.143. The minimum Gasteiger partial charge on any atom is -0.427 e. The Labute approximate surface area is 221 Å². The number of carbonyl (C=O) groups excluding carboxylic acids is 5. The van der Waals surface area contributed by atoms with Gasteiger partial charge < -0.3 is 15.0 Å². The zero-order chi connectivity index (χ0) is 27.0. The van der Waals surface area contributed by atoms with Gasteiger partial charge in [0.05, 0.1) is 6.42 Å². The van der Waals surface area contributed by atoms with Crippen molar-refractivity contribution in [3.63, 3.8) is 0 Å². The third kappa shape index (κ3) is 4.92. The first-order valence-corrected chi connectivity index (χ1v) is 13.0. The van der Waals surface area contributed by atoms with E-state index in [4.69, 9.17) is 4.74 Å². The summed E-state index contributed by atoms with van der Waals surface area (Å²) in [4.78, 5) is 65.9. The van der Waals surface area contributed by atoms with Crippen LogP contribution in [0.1, 0.15) is 56.2 Å². The summed E-state index contributed by atoms with van der Waals surface area (Å²) in [6, 6.07) is 14.7. The van der Waals surface area contributed by atoms with Crippen molar-refractivity contribution in [2.75, 3.05) is 11.9 Å². The maximum absolute atomic E-state index is 13.6. The lowest BCUT2D eigenvalue weighted by Crippen LogP contribution is -2.47. The first-order chi connectivity index (χ1) is 18.2. The number of fused-ring (bicyclic) bond motifs is 2. The fraction of sp³-hybridized carbons (Fsp3) is 0.414. The lowest BCUT2D eigenvalue weighted by atomic mass is 9.94. The molecule has 4 amide bonds. The number of anilines is 1. The Morgan fingerprint density at radius 2 is 1.87 bits per heavy atom. The van der Waals surface area contributed by atoms with Crippen molar-refractivity contribution in [3.8, 4) is 0 Å². The van der Waals surface area contributed by atoms with Crippen LogP contribution in [-0.4, -0.2) is 52.0 Å². The van der Waals surface area contributed by atoms with Gasteiger partial charge in [-0.15, -0.1) is 0 Å². The van der Waals surface area contributed by atoms with E-state index >= 15 is 0 Å². The van der Waals surface area contributed by atoms with Gasteiger partial charge in [-0.1, -0.05) is 36.4 Å². The molecule has 2 atom stereocenters. The van der Waals surface area contributed by atoms with Crippen LogP contribution in [0.4, 0.5) is 10.5 Å². The molecule has 3 aliphatic rings. The molecule has 2 fully saturated rings. The van der Waals surface area contributed by atoms with E-state index in [1.165, 1.54) is 6.92 Å². The Hall–Kier alpha value is -4.01. The molecule has 38 heavy (non-hydrogen) atoms. The molecule has 198 valence electrons. The zero-order valence-corrected chi connectivity index (χ0v) is 21.6. The predicted octanol–water partition coefficient (Wildman–Crippen LogP) is 3.55. The Balaban J connectivity index is 1.32. The number of aryl methyl sites for hydroxylation is 1. The van der Waals surface area contributed by atoms with E-state index in [2.05, 4.69) is 5.32 Å². The van der Waals surface area contributed by atoms with Gasteiger partial charge in [-0.3, -0.25) is 19.2 Å². The van der Waals surface area contributed by atoms with E-state index in [9.17, 15) is 24.0 Å². The second-order valence-corrected chi connectivity index (χ2v) is 10.5. The average molecular weight is 518 g/mol. The number of carbonyl (C=O) groups is 5. The predicted molar refractivity (Wildman–Crippen MR) is 138 cm³/mol. The summed E-state index contributed by atoms with van der Waals surface area (Å²) in [7, 11) is 0. The number of amides is 4. The summed E-state index contributed by atoms with van der Waals surface area (Å²) in [6.45, 7) is 3.39. The van der Waals surface area contributed by atoms with Crippen LogP contribution in [0.25, 0.3) is 0 Å². The number of rotatable bonds is 9. The van der Waals surface area contributed by atoms with Crippen molar-refractivity contribution in [1.82, 2.24) is 9.80 Å². The number of nitrogens with one attached hydrogen (secondary N) is 1. The second kappa shape index (κ2) is 10.0. The molecule has 1 N–H and O–H groups in total. The van der Waals surface area contributed by atoms with E-state index in [0.717, 1.165) is 28.9 Å². The highest BCUT2D eigenvalue weighted by atomic mass is 16.6. The second-order valence-electron chi connectivity index (χ2n) is 10.5. The Bertz CT molecular complexity index is 1300. The van der Waals surface area contributed by atoms with Crippen molar-refractivity contribution in [2.24, 2.45) is 5.92 Å². The number of ketones is 1. The van der Waals surface area contributed by atoms with Crippen molar-refractivity contribution < 1.29 is 28.7 Å². The molecule has 1 saturated heterocycles. The molecule has 0 aromatic heterocycles. The van der Waals surface area contributed by atoms with Crippen LogP contribution in [-0.2, 0) is 42.5 Å². The van der Waals surface area contributed by atoms with Crippen molar-refractivity contribution in [1.29, 1.82) is 0 Å². The Morgan fingerprint density at radius 1 is 1.13 bits per heavy atom. The molecule has 2 aromatic carbocycles. The number of hydrogen-bond donors (Lipinski definition) is 1. The molecule has 0 bridgehead atoms. The van der Waals surface area contributed by atoms with Crippen LogP contribution < -0.4 is 5.32 Å². The minimum atomic E-state index is -1.47. The van der Waals surface area contributed by atoms with Gasteiger partial charge in [-0.25, -0.2) is 9.69 Å². The summed E-state index contributed by atoms with van der Waals surface area (Å²) >= 11 is 0. The number of hydrogen-bond acceptors (Lipinski definition) is 6. The molecular formula is C29H31N3O6. The maximum Gasteiger partial charge on any atom is 0.418 e. The molecule has 1 heterocycles. The molecule has 1 saturated carbocycles. The van der Waals surface area contributed by atoms with E-state index < -0.39 is 23.5 Å². The van der Waals surface area contributed by atoms with Crippen LogP contribution in [0.3, 0.4) is 0 Å². The van der Waals surface area contributed by atoms with Gasteiger partial charge in [0.2, 0.25) is 17.4 Å². The molecule has 1 spiro atoms. The molecule has 9 nitrogen and oxygen atoms in total. The first kappa shape index (κ1) is 25.6. The SMILES string of the molecule is CC(=O)CC(=O)Nc1ccc2c(c1)CC[C@]21OC(=O)N(CC(=O)N(Cc2ccccc2)C(C)C2CC2)C1=O. The Morgan fingerprint density at radius 3 is 2.55 bits per heavy atom. The molecule has 2 aliphatic carbocycles. The quantitative estimate of drug-likeness (QED) is 0.509. The molecule has 2 aromatic rings. The van der Waals surface area contributed by atoms with Gasteiger partial charge in [0.15, 0.2) is 0 Å². The summed E-state index contributed by atoms with van der Waals surface area (Å²) in [5.41, 5.74) is 1.34. The summed E-state index contributed by atoms with van der Waals surface area (Å²) in [6.07, 6.45) is 1.79. The summed E-state index contributed by atoms with van der Waals surface area (Å²) in [5, 5.41) is 2.68. The van der Waals surface area contributed by atoms with E-state index in [0.29, 0.717) is 30.1 Å². The smallest absolute Gasteiger partial charge is 0.418 e. The molecule has 9 heteroatoms. The van der Waals surface area contributed by atoms with Crippen LogP contribution in [0.2, 0.25) is 0 Å². The van der Waals surface area contributed by atoms with Crippen LogP contribution in [0, 0.1) is 5.92 Å². The molecular weight excluding hydrogens is 486 g/mol. The van der Waals surface area contributed by atoms with Crippen LogP contribution in [0.15, 0.2) is 48.5 Å². The first-order valence-electron chi connectivity index (χ1n) is 13.0. The standard InChI is InChI=1S/C29H31N3O6/c1-18(33)14-25(34)30-23-10-11-24-22(15-23)12-13-29(24)27(36)32(28(37)38-29)17-26(35)31(19(2)21-8-9-21)16-20-6-4-3-5-7-20/h3-7,10-11,15,19,21H,8-9,12-14,16-17H2,1-2H3,(H,30,34)/t19?,29-/m0/s1. The third-order valence-electron chi connectivity index (χ3n) is 7.66. The van der Waals surface area contributed by atoms with Gasteiger partial charge in [0, 0.05) is 30.3 Å². The van der Waals surface area contributed by atoms with Gasteiger partial charge in [0.25, 0.3) is 5.91 Å². The third-order valence-corrected chi connectivity index (χ3v) is 7.66. The van der Waals surface area contributed by atoms with Gasteiger partial charge >= 0.3 is 6.09 Å². The van der Waals surface area contributed by atoms with Gasteiger partial charge in [-0.2, -0.15) is 0 Å². The minimum absolute atomic E-state index is 0.00534. The molecule has 5 rings (SSSR count). The zero-order valence-electron chi connectivity index (χ0n) is 21.6. The highest BCUT2D eigenvalue weighted by molar-refractivity contribution is 6.07. The van der Waals surface area contributed by atoms with E-state index in [1.54, 1.807) is 23.1 Å². The molecule has 1 aliphatic heterocycles. The van der Waals surface area contributed by atoms with Crippen LogP contribution >= 0.6 is 0 Å². The number of nitrogens with zero attached hydrogens (tertiary/aromatic N) is 2. The number of ether oxygens (including phenoxy) is 1. The highest BCUT2D eigenvalue weighted by Gasteiger charge is 2.58. The largest absolute Gasteiger partial charge is 0.427 e. The molecule has 1 unspecified atom stereocenters. The van der Waals surface area contributed by atoms with E-state index in [-0.39, 0.29) is 37.1 Å². The molecule has 0 radical (unpaired) electrons. The van der Waals surface area contributed by atoms with Gasteiger partial charge in [0.1, 0.15) is 12.3 Å². The topological polar surface area (TPSA) is 113 Å². The summed E-state index contributed by atoms with van der Waals surface area (Å²) in [5.74, 6) is -1.07. The monoisotopic (exact) mass is 517 g/mol. The Kier molecular flexibility index (Phi) is 6.77. The fourth-order valence-electron chi connectivity index (χ4n) is 5.46. The van der Waals surface area contributed by atoms with E-state index in [1.807, 2.05) is 37.3 Å². The number of Topliss-reactive ketones (excluding diaryl/α,β-unsaturated/α-hetero) is 1. The lowest BCUT2D eigenvalue weighted by Gasteiger charge is -2.30. The van der Waals surface area contributed by atoms with Crippen molar-refractivity contribution >= 4 is 35.3 Å².